The maximum Gasteiger partial charge on any atom is 0.410 e. The maximum atomic E-state index is 12.5. The number of benzene rings is 1. The van der Waals surface area contributed by atoms with E-state index in [1.165, 1.54) is 4.90 Å². The molecule has 2 heterocycles. The number of anilines is 1. The minimum absolute atomic E-state index is 0.0127. The number of amides is 2. The first-order valence-electron chi connectivity index (χ1n) is 8.66. The fourth-order valence-electron chi connectivity index (χ4n) is 2.78. The summed E-state index contributed by atoms with van der Waals surface area (Å²) in [6.07, 6.45) is 3.09. The van der Waals surface area contributed by atoms with Crippen LogP contribution in [0.5, 0.6) is 0 Å². The lowest BCUT2D eigenvalue weighted by molar-refractivity contribution is -0.121. The van der Waals surface area contributed by atoms with Crippen LogP contribution in [0, 0.1) is 0 Å². The number of hydrogen-bond acceptors (Lipinski definition) is 4. The molecular formula is C19H24N4O3. The number of hydrogen-bond donors (Lipinski definition) is 0. The number of rotatable bonds is 3. The van der Waals surface area contributed by atoms with E-state index >= 15 is 0 Å². The third kappa shape index (κ3) is 4.41. The highest BCUT2D eigenvalue weighted by molar-refractivity contribution is 5.97. The van der Waals surface area contributed by atoms with Crippen molar-refractivity contribution in [2.75, 3.05) is 24.5 Å². The summed E-state index contributed by atoms with van der Waals surface area (Å²) < 4.78 is 7.14. The molecule has 0 bridgehead atoms. The Morgan fingerprint density at radius 2 is 1.92 bits per heavy atom. The van der Waals surface area contributed by atoms with E-state index < -0.39 is 11.7 Å². The molecule has 0 atom stereocenters. The van der Waals surface area contributed by atoms with Gasteiger partial charge in [-0.15, -0.1) is 0 Å². The van der Waals surface area contributed by atoms with Gasteiger partial charge in [-0.1, -0.05) is 30.3 Å². The predicted octanol–water partition coefficient (Wildman–Crippen LogP) is 2.52. The zero-order valence-corrected chi connectivity index (χ0v) is 15.4. The molecule has 0 spiro atoms. The second-order valence-corrected chi connectivity index (χ2v) is 7.33. The Labute approximate surface area is 153 Å². The Bertz CT molecular complexity index is 780. The molecule has 0 unspecified atom stereocenters. The molecule has 1 aliphatic heterocycles. The van der Waals surface area contributed by atoms with Gasteiger partial charge in [-0.2, -0.15) is 5.10 Å². The van der Waals surface area contributed by atoms with Gasteiger partial charge in [-0.25, -0.2) is 4.79 Å². The molecule has 3 rings (SSSR count). The van der Waals surface area contributed by atoms with Crippen molar-refractivity contribution in [1.82, 2.24) is 14.7 Å². The van der Waals surface area contributed by atoms with Crippen LogP contribution in [0.25, 0.3) is 0 Å². The van der Waals surface area contributed by atoms with E-state index in [1.54, 1.807) is 15.8 Å². The molecule has 26 heavy (non-hydrogen) atoms. The van der Waals surface area contributed by atoms with Gasteiger partial charge in [0.1, 0.15) is 12.1 Å². The average Bonchev–Trinajstić information content (AvgIpc) is 3.02. The molecule has 1 aromatic carbocycles. The lowest BCUT2D eigenvalue weighted by Crippen LogP contribution is -2.53. The summed E-state index contributed by atoms with van der Waals surface area (Å²) in [5, 5.41) is 4.34. The Morgan fingerprint density at radius 1 is 1.19 bits per heavy atom. The van der Waals surface area contributed by atoms with Crippen molar-refractivity contribution < 1.29 is 14.3 Å². The number of aromatic nitrogens is 2. The smallest absolute Gasteiger partial charge is 0.410 e. The second kappa shape index (κ2) is 7.19. The van der Waals surface area contributed by atoms with Crippen molar-refractivity contribution in [3.05, 3.63) is 48.3 Å². The number of carbonyl (C=O) groups excluding carboxylic acids is 2. The van der Waals surface area contributed by atoms with Gasteiger partial charge in [0.05, 0.1) is 18.4 Å². The second-order valence-electron chi connectivity index (χ2n) is 7.33. The zero-order valence-electron chi connectivity index (χ0n) is 15.4. The first kappa shape index (κ1) is 18.0. The Hall–Kier alpha value is -2.83. The molecule has 0 N–H and O–H groups in total. The molecule has 0 saturated carbocycles. The van der Waals surface area contributed by atoms with Crippen LogP contribution in [0.4, 0.5) is 10.5 Å². The van der Waals surface area contributed by atoms with Gasteiger partial charge in [0, 0.05) is 19.3 Å². The van der Waals surface area contributed by atoms with Crippen LogP contribution < -0.4 is 4.90 Å². The SMILES string of the molecule is CC(C)(C)OC(=O)N1CCN(c2cnn(Cc3ccccc3)c2)C(=O)C1. The molecule has 1 fully saturated rings. The number of ether oxygens (including phenoxy) is 1. The fourth-order valence-corrected chi connectivity index (χ4v) is 2.78. The summed E-state index contributed by atoms with van der Waals surface area (Å²) in [7, 11) is 0. The highest BCUT2D eigenvalue weighted by atomic mass is 16.6. The number of nitrogens with zero attached hydrogens (tertiary/aromatic N) is 4. The maximum absolute atomic E-state index is 12.5. The third-order valence-corrected chi connectivity index (χ3v) is 3.99. The minimum atomic E-state index is -0.574. The summed E-state index contributed by atoms with van der Waals surface area (Å²) in [5.74, 6) is -0.138. The highest BCUT2D eigenvalue weighted by Crippen LogP contribution is 2.18. The number of piperazine rings is 1. The standard InChI is InChI=1S/C19H24N4O3/c1-19(2,3)26-18(25)21-9-10-23(17(24)14-21)16-11-20-22(13-16)12-15-7-5-4-6-8-15/h4-8,11,13H,9-10,12,14H2,1-3H3. The summed E-state index contributed by atoms with van der Waals surface area (Å²) in [6, 6.07) is 10.0. The van der Waals surface area contributed by atoms with Crippen LogP contribution in [0.15, 0.2) is 42.7 Å². The van der Waals surface area contributed by atoms with Gasteiger partial charge in [-0.05, 0) is 26.3 Å². The Balaban J connectivity index is 1.61. The van der Waals surface area contributed by atoms with E-state index in [0.29, 0.717) is 19.6 Å². The summed E-state index contributed by atoms with van der Waals surface area (Å²) >= 11 is 0. The molecule has 0 aliphatic carbocycles. The molecular weight excluding hydrogens is 332 g/mol. The van der Waals surface area contributed by atoms with E-state index in [9.17, 15) is 9.59 Å². The molecule has 7 nitrogen and oxygen atoms in total. The van der Waals surface area contributed by atoms with Crippen molar-refractivity contribution in [2.45, 2.75) is 32.9 Å². The molecule has 0 radical (unpaired) electrons. The van der Waals surface area contributed by atoms with Gasteiger partial charge < -0.3 is 9.64 Å². The van der Waals surface area contributed by atoms with Gasteiger partial charge >= 0.3 is 6.09 Å². The van der Waals surface area contributed by atoms with Crippen LogP contribution in [0.2, 0.25) is 0 Å². The Morgan fingerprint density at radius 3 is 2.58 bits per heavy atom. The van der Waals surface area contributed by atoms with Crippen LogP contribution in [-0.2, 0) is 16.1 Å². The van der Waals surface area contributed by atoms with Gasteiger partial charge in [0.2, 0.25) is 5.91 Å². The third-order valence-electron chi connectivity index (χ3n) is 3.99. The van der Waals surface area contributed by atoms with E-state index in [0.717, 1.165) is 11.3 Å². The highest BCUT2D eigenvalue weighted by Gasteiger charge is 2.31. The van der Waals surface area contributed by atoms with Crippen molar-refractivity contribution >= 4 is 17.7 Å². The topological polar surface area (TPSA) is 67.7 Å². The fraction of sp³-hybridized carbons (Fsp3) is 0.421. The Kier molecular flexibility index (Phi) is 4.97. The molecule has 1 aromatic heterocycles. The number of carbonyl (C=O) groups is 2. The quantitative estimate of drug-likeness (QED) is 0.847. The molecule has 138 valence electrons. The summed E-state index contributed by atoms with van der Waals surface area (Å²) in [6.45, 7) is 6.95. The van der Waals surface area contributed by atoms with Crippen LogP contribution in [-0.4, -0.2) is 51.9 Å². The van der Waals surface area contributed by atoms with E-state index in [2.05, 4.69) is 5.10 Å². The first-order valence-corrected chi connectivity index (χ1v) is 8.66. The normalized spacial score (nSPS) is 15.3. The minimum Gasteiger partial charge on any atom is -0.444 e. The largest absolute Gasteiger partial charge is 0.444 e. The monoisotopic (exact) mass is 356 g/mol. The molecule has 7 heteroatoms. The van der Waals surface area contributed by atoms with Crippen molar-refractivity contribution in [3.8, 4) is 0 Å². The van der Waals surface area contributed by atoms with E-state index in [4.69, 9.17) is 4.74 Å². The molecule has 1 aliphatic rings. The lowest BCUT2D eigenvalue weighted by Gasteiger charge is -2.34. The van der Waals surface area contributed by atoms with Gasteiger partial charge in [0.15, 0.2) is 0 Å². The van der Waals surface area contributed by atoms with Crippen LogP contribution in [0.1, 0.15) is 26.3 Å². The lowest BCUT2D eigenvalue weighted by atomic mass is 10.2. The van der Waals surface area contributed by atoms with Crippen molar-refractivity contribution in [2.24, 2.45) is 0 Å². The predicted molar refractivity (Wildman–Crippen MR) is 97.9 cm³/mol. The zero-order chi connectivity index (χ0) is 18.7. The van der Waals surface area contributed by atoms with Crippen LogP contribution >= 0.6 is 0 Å². The van der Waals surface area contributed by atoms with E-state index in [1.807, 2.05) is 57.3 Å². The van der Waals surface area contributed by atoms with Crippen molar-refractivity contribution in [1.29, 1.82) is 0 Å². The van der Waals surface area contributed by atoms with Crippen LogP contribution in [0.3, 0.4) is 0 Å². The molecule has 2 aromatic rings. The summed E-state index contributed by atoms with van der Waals surface area (Å²) in [5.41, 5.74) is 1.31. The van der Waals surface area contributed by atoms with E-state index in [-0.39, 0.29) is 12.5 Å². The molecule has 2 amide bonds. The van der Waals surface area contributed by atoms with Crippen molar-refractivity contribution in [3.63, 3.8) is 0 Å². The average molecular weight is 356 g/mol. The molecule has 1 saturated heterocycles. The van der Waals surface area contributed by atoms with Gasteiger partial charge in [-0.3, -0.25) is 14.4 Å². The summed E-state index contributed by atoms with van der Waals surface area (Å²) in [4.78, 5) is 27.7. The van der Waals surface area contributed by atoms with Gasteiger partial charge in [0.25, 0.3) is 0 Å². The first-order chi connectivity index (χ1) is 12.3.